The lowest BCUT2D eigenvalue weighted by Gasteiger charge is -2.35. The fraction of sp³-hybridized carbons (Fsp3) is 1.00. The van der Waals surface area contributed by atoms with Crippen molar-refractivity contribution in [3.63, 3.8) is 0 Å². The molecule has 0 radical (unpaired) electrons. The van der Waals surface area contributed by atoms with Gasteiger partial charge in [-0.2, -0.15) is 0 Å². The van der Waals surface area contributed by atoms with Crippen molar-refractivity contribution in [3.05, 3.63) is 0 Å². The van der Waals surface area contributed by atoms with Gasteiger partial charge in [-0.25, -0.2) is 0 Å². The van der Waals surface area contributed by atoms with Gasteiger partial charge >= 0.3 is 0 Å². The van der Waals surface area contributed by atoms with E-state index in [1.807, 2.05) is 0 Å². The smallest absolute Gasteiger partial charge is 0.0911 e. The van der Waals surface area contributed by atoms with Crippen molar-refractivity contribution >= 4 is 0 Å². The maximum atomic E-state index is 2.57. The predicted molar refractivity (Wildman–Crippen MR) is 64.5 cm³/mol. The summed E-state index contributed by atoms with van der Waals surface area (Å²) in [6, 6.07) is 1.32. The van der Waals surface area contributed by atoms with E-state index >= 15 is 0 Å². The highest BCUT2D eigenvalue weighted by Gasteiger charge is 2.18. The number of quaternary nitrogens is 1. The Bertz CT molecular complexity index is 142. The van der Waals surface area contributed by atoms with Gasteiger partial charge in [0.1, 0.15) is 0 Å². The van der Waals surface area contributed by atoms with Gasteiger partial charge in [-0.05, 0) is 34.6 Å². The Morgan fingerprint density at radius 2 is 1.43 bits per heavy atom. The minimum Gasteiger partial charge on any atom is -0.328 e. The molecule has 0 aliphatic carbocycles. The second kappa shape index (κ2) is 5.72. The molecule has 0 aromatic carbocycles. The third-order valence-corrected chi connectivity index (χ3v) is 3.15. The normalized spacial score (nSPS) is 13.3. The van der Waals surface area contributed by atoms with E-state index in [2.05, 4.69) is 53.6 Å². The average Bonchev–Trinajstić information content (AvgIpc) is 2.03. The minimum atomic E-state index is 0.659. The van der Waals surface area contributed by atoms with Crippen LogP contribution >= 0.6 is 0 Å². The third kappa shape index (κ3) is 4.97. The van der Waals surface area contributed by atoms with Gasteiger partial charge in [0, 0.05) is 18.6 Å². The molecule has 86 valence electrons. The molecule has 0 aliphatic rings. The first-order valence-corrected chi connectivity index (χ1v) is 5.88. The molecule has 0 N–H and O–H groups in total. The zero-order valence-corrected chi connectivity index (χ0v) is 11.2. The molecule has 0 atom stereocenters. The molecule has 2 heteroatoms. The van der Waals surface area contributed by atoms with Crippen molar-refractivity contribution in [2.75, 3.05) is 33.7 Å². The van der Waals surface area contributed by atoms with E-state index in [1.165, 1.54) is 19.6 Å². The summed E-state index contributed by atoms with van der Waals surface area (Å²) < 4.78 is 1.12. The van der Waals surface area contributed by atoms with Crippen molar-refractivity contribution in [1.29, 1.82) is 0 Å². The topological polar surface area (TPSA) is 3.24 Å². The Morgan fingerprint density at radius 1 is 1.00 bits per heavy atom. The Balaban J connectivity index is 4.07. The van der Waals surface area contributed by atoms with E-state index < -0.39 is 0 Å². The lowest BCUT2D eigenvalue weighted by atomic mass is 10.2. The summed E-state index contributed by atoms with van der Waals surface area (Å²) in [5, 5.41) is 0. The molecule has 0 aliphatic heterocycles. The summed E-state index contributed by atoms with van der Waals surface area (Å²) in [5.41, 5.74) is 0. The SMILES string of the molecule is CC[N+](C)(C)CCN(C(C)C)C(C)C. The van der Waals surface area contributed by atoms with Crippen LogP contribution in [0.2, 0.25) is 0 Å². The van der Waals surface area contributed by atoms with Crippen LogP contribution in [0.15, 0.2) is 0 Å². The Morgan fingerprint density at radius 3 is 1.71 bits per heavy atom. The molecule has 0 aromatic rings. The first-order valence-electron chi connectivity index (χ1n) is 5.88. The van der Waals surface area contributed by atoms with Crippen LogP contribution in [0.25, 0.3) is 0 Å². The second-order valence-corrected chi connectivity index (χ2v) is 5.40. The summed E-state index contributed by atoms with van der Waals surface area (Å²) >= 11 is 0. The fourth-order valence-electron chi connectivity index (χ4n) is 1.66. The van der Waals surface area contributed by atoms with Gasteiger partial charge in [0.15, 0.2) is 0 Å². The van der Waals surface area contributed by atoms with Crippen LogP contribution < -0.4 is 0 Å². The van der Waals surface area contributed by atoms with E-state index in [4.69, 9.17) is 0 Å². The summed E-state index contributed by atoms with van der Waals surface area (Å²) in [4.78, 5) is 2.57. The maximum absolute atomic E-state index is 2.57. The number of nitrogens with zero attached hydrogens (tertiary/aromatic N) is 2. The molecule has 0 rings (SSSR count). The molecule has 0 spiro atoms. The molecular formula is C12H29N2+. The number of hydrogen-bond donors (Lipinski definition) is 0. The molecule has 0 saturated carbocycles. The highest BCUT2D eigenvalue weighted by Crippen LogP contribution is 2.06. The summed E-state index contributed by atoms with van der Waals surface area (Å²) in [6.07, 6.45) is 0. The molecule has 0 saturated heterocycles. The molecule has 14 heavy (non-hydrogen) atoms. The van der Waals surface area contributed by atoms with Gasteiger partial charge in [0.2, 0.25) is 0 Å². The quantitative estimate of drug-likeness (QED) is 0.596. The lowest BCUT2D eigenvalue weighted by molar-refractivity contribution is -0.888. The van der Waals surface area contributed by atoms with Gasteiger partial charge in [0.25, 0.3) is 0 Å². The van der Waals surface area contributed by atoms with E-state index in [9.17, 15) is 0 Å². The van der Waals surface area contributed by atoms with Crippen LogP contribution in [-0.2, 0) is 0 Å². The zero-order chi connectivity index (χ0) is 11.4. The standard InChI is InChI=1S/C12H29N2/c1-8-14(6,7)10-9-13(11(2)3)12(4)5/h11-12H,8-10H2,1-7H3/q+1. The van der Waals surface area contributed by atoms with Crippen LogP contribution in [0.3, 0.4) is 0 Å². The highest BCUT2D eigenvalue weighted by molar-refractivity contribution is 4.66. The van der Waals surface area contributed by atoms with Gasteiger partial charge in [-0.3, -0.25) is 4.90 Å². The van der Waals surface area contributed by atoms with E-state index in [-0.39, 0.29) is 0 Å². The predicted octanol–water partition coefficient (Wildman–Crippen LogP) is 2.20. The van der Waals surface area contributed by atoms with E-state index in [1.54, 1.807) is 0 Å². The number of hydrogen-bond acceptors (Lipinski definition) is 1. The fourth-order valence-corrected chi connectivity index (χ4v) is 1.66. The first kappa shape index (κ1) is 13.9. The summed E-state index contributed by atoms with van der Waals surface area (Å²) in [7, 11) is 4.61. The molecular weight excluding hydrogens is 172 g/mol. The first-order chi connectivity index (χ1) is 6.30. The van der Waals surface area contributed by atoms with Gasteiger partial charge in [-0.1, -0.05) is 0 Å². The minimum absolute atomic E-state index is 0.659. The molecule has 0 bridgehead atoms. The van der Waals surface area contributed by atoms with Crippen molar-refractivity contribution in [1.82, 2.24) is 4.90 Å². The molecule has 0 aromatic heterocycles. The van der Waals surface area contributed by atoms with Crippen LogP contribution in [0, 0.1) is 0 Å². The molecule has 0 amide bonds. The summed E-state index contributed by atoms with van der Waals surface area (Å²) in [5.74, 6) is 0. The van der Waals surface area contributed by atoms with E-state index in [0.29, 0.717) is 12.1 Å². The van der Waals surface area contributed by atoms with Crippen LogP contribution in [0.5, 0.6) is 0 Å². The van der Waals surface area contributed by atoms with Crippen molar-refractivity contribution in [2.24, 2.45) is 0 Å². The number of rotatable bonds is 6. The second-order valence-electron chi connectivity index (χ2n) is 5.40. The number of likely N-dealkylation sites (N-methyl/N-ethyl adjacent to an activating group) is 1. The van der Waals surface area contributed by atoms with Crippen LogP contribution in [-0.4, -0.2) is 55.2 Å². The molecule has 0 heterocycles. The maximum Gasteiger partial charge on any atom is 0.0911 e. The van der Waals surface area contributed by atoms with Crippen LogP contribution in [0.1, 0.15) is 34.6 Å². The van der Waals surface area contributed by atoms with Crippen LogP contribution in [0.4, 0.5) is 0 Å². The van der Waals surface area contributed by atoms with E-state index in [0.717, 1.165) is 4.48 Å². The molecule has 0 fully saturated rings. The van der Waals surface area contributed by atoms with Gasteiger partial charge in [-0.15, -0.1) is 0 Å². The molecule has 0 unspecified atom stereocenters. The van der Waals surface area contributed by atoms with Gasteiger partial charge < -0.3 is 4.48 Å². The Labute approximate surface area is 90.5 Å². The Kier molecular flexibility index (Phi) is 5.68. The van der Waals surface area contributed by atoms with Crippen molar-refractivity contribution in [3.8, 4) is 0 Å². The third-order valence-electron chi connectivity index (χ3n) is 3.15. The zero-order valence-electron chi connectivity index (χ0n) is 11.2. The Hall–Kier alpha value is -0.0800. The lowest BCUT2D eigenvalue weighted by Crippen LogP contribution is -2.48. The molecule has 2 nitrogen and oxygen atoms in total. The average molecular weight is 201 g/mol. The van der Waals surface area contributed by atoms with Crippen molar-refractivity contribution < 1.29 is 4.48 Å². The highest BCUT2D eigenvalue weighted by atomic mass is 15.3. The summed E-state index contributed by atoms with van der Waals surface area (Å²) in [6.45, 7) is 15.1. The van der Waals surface area contributed by atoms with Gasteiger partial charge in [0.05, 0.1) is 27.2 Å². The monoisotopic (exact) mass is 201 g/mol. The van der Waals surface area contributed by atoms with Crippen molar-refractivity contribution in [2.45, 2.75) is 46.7 Å². The largest absolute Gasteiger partial charge is 0.328 e.